The minimum atomic E-state index is -0.308. The van der Waals surface area contributed by atoms with Gasteiger partial charge in [0.1, 0.15) is 5.82 Å². The largest absolute Gasteiger partial charge is 0.341 e. The standard InChI is InChI=1S/C19H25FN4O/c1-15(19(25)24-6-2-3-7-24)23-10-8-22(9-11-23)14-17-12-18(20)5-4-16(17)13-21/h4-5,12,15H,2-3,6-11,14H2,1H3/t15-/m0/s1. The van der Waals surface area contributed by atoms with Crippen LogP contribution in [0.5, 0.6) is 0 Å². The molecule has 1 atom stereocenters. The van der Waals surface area contributed by atoms with E-state index in [9.17, 15) is 14.4 Å². The monoisotopic (exact) mass is 344 g/mol. The van der Waals surface area contributed by atoms with Crippen LogP contribution >= 0.6 is 0 Å². The van der Waals surface area contributed by atoms with E-state index in [1.165, 1.54) is 18.2 Å². The summed E-state index contributed by atoms with van der Waals surface area (Å²) in [6, 6.07) is 6.37. The van der Waals surface area contributed by atoms with Crippen molar-refractivity contribution >= 4 is 5.91 Å². The Balaban J connectivity index is 1.54. The predicted octanol–water partition coefficient (Wildman–Crippen LogP) is 1.83. The van der Waals surface area contributed by atoms with Crippen molar-refractivity contribution in [2.24, 2.45) is 0 Å². The van der Waals surface area contributed by atoms with Crippen molar-refractivity contribution in [1.82, 2.24) is 14.7 Å². The molecule has 25 heavy (non-hydrogen) atoms. The van der Waals surface area contributed by atoms with Gasteiger partial charge in [-0.05, 0) is 43.5 Å². The third-order valence-corrected chi connectivity index (χ3v) is 5.31. The fraction of sp³-hybridized carbons (Fsp3) is 0.579. The van der Waals surface area contributed by atoms with Gasteiger partial charge in [0.2, 0.25) is 5.91 Å². The fourth-order valence-electron chi connectivity index (χ4n) is 3.71. The molecule has 0 aliphatic carbocycles. The quantitative estimate of drug-likeness (QED) is 0.836. The number of benzene rings is 1. The average molecular weight is 344 g/mol. The van der Waals surface area contributed by atoms with Crippen LogP contribution in [-0.2, 0) is 11.3 Å². The summed E-state index contributed by atoms with van der Waals surface area (Å²) in [5.74, 6) is -0.0692. The van der Waals surface area contributed by atoms with Crippen molar-refractivity contribution in [2.75, 3.05) is 39.3 Å². The average Bonchev–Trinajstić information content (AvgIpc) is 3.16. The molecule has 2 saturated heterocycles. The Morgan fingerprint density at radius 1 is 1.20 bits per heavy atom. The lowest BCUT2D eigenvalue weighted by atomic mass is 10.1. The molecule has 0 spiro atoms. The molecule has 0 N–H and O–H groups in total. The van der Waals surface area contributed by atoms with E-state index in [0.29, 0.717) is 12.1 Å². The second-order valence-electron chi connectivity index (χ2n) is 6.93. The van der Waals surface area contributed by atoms with Gasteiger partial charge in [-0.2, -0.15) is 5.26 Å². The van der Waals surface area contributed by atoms with E-state index in [1.54, 1.807) is 0 Å². The van der Waals surface area contributed by atoms with Gasteiger partial charge in [-0.1, -0.05) is 0 Å². The van der Waals surface area contributed by atoms with Gasteiger partial charge in [0.15, 0.2) is 0 Å². The zero-order chi connectivity index (χ0) is 17.8. The lowest BCUT2D eigenvalue weighted by Gasteiger charge is -2.38. The normalized spacial score (nSPS) is 20.4. The van der Waals surface area contributed by atoms with Crippen LogP contribution < -0.4 is 0 Å². The molecule has 1 aromatic rings. The highest BCUT2D eigenvalue weighted by Crippen LogP contribution is 2.17. The molecule has 0 aromatic heterocycles. The van der Waals surface area contributed by atoms with Gasteiger partial charge >= 0.3 is 0 Å². The minimum Gasteiger partial charge on any atom is -0.341 e. The molecule has 1 aromatic carbocycles. The number of nitrogens with zero attached hydrogens (tertiary/aromatic N) is 4. The van der Waals surface area contributed by atoms with Crippen LogP contribution in [0, 0.1) is 17.1 Å². The zero-order valence-corrected chi connectivity index (χ0v) is 14.7. The van der Waals surface area contributed by atoms with Crippen LogP contribution in [0.15, 0.2) is 18.2 Å². The van der Waals surface area contributed by atoms with Gasteiger partial charge in [0, 0.05) is 45.8 Å². The molecule has 1 amide bonds. The van der Waals surface area contributed by atoms with Gasteiger partial charge in [-0.25, -0.2) is 4.39 Å². The van der Waals surface area contributed by atoms with Crippen LogP contribution in [0.1, 0.15) is 30.9 Å². The summed E-state index contributed by atoms with van der Waals surface area (Å²) in [5.41, 5.74) is 1.26. The number of halogens is 1. The Kier molecular flexibility index (Phi) is 5.67. The maximum atomic E-state index is 13.5. The van der Waals surface area contributed by atoms with Gasteiger partial charge < -0.3 is 4.90 Å². The third kappa shape index (κ3) is 4.17. The van der Waals surface area contributed by atoms with Gasteiger partial charge in [-0.3, -0.25) is 14.6 Å². The third-order valence-electron chi connectivity index (χ3n) is 5.31. The highest BCUT2D eigenvalue weighted by Gasteiger charge is 2.29. The number of piperazine rings is 1. The Morgan fingerprint density at radius 2 is 1.88 bits per heavy atom. The SMILES string of the molecule is C[C@@H](C(=O)N1CCCC1)N1CCN(Cc2cc(F)ccc2C#N)CC1. The first kappa shape index (κ1) is 17.8. The molecule has 2 fully saturated rings. The number of carbonyl (C=O) groups is 1. The van der Waals surface area contributed by atoms with Crippen molar-refractivity contribution in [3.05, 3.63) is 35.1 Å². The molecule has 5 nitrogen and oxygen atoms in total. The van der Waals surface area contributed by atoms with Crippen molar-refractivity contribution < 1.29 is 9.18 Å². The second-order valence-corrected chi connectivity index (χ2v) is 6.93. The Hall–Kier alpha value is -1.97. The number of hydrogen-bond donors (Lipinski definition) is 0. The van der Waals surface area contributed by atoms with E-state index in [-0.39, 0.29) is 17.8 Å². The first-order valence-electron chi connectivity index (χ1n) is 9.02. The van der Waals surface area contributed by atoms with Gasteiger partial charge in [-0.15, -0.1) is 0 Å². The predicted molar refractivity (Wildman–Crippen MR) is 93.2 cm³/mol. The number of likely N-dealkylation sites (tertiary alicyclic amines) is 1. The van der Waals surface area contributed by atoms with E-state index in [2.05, 4.69) is 15.9 Å². The summed E-state index contributed by atoms with van der Waals surface area (Å²) in [6.07, 6.45) is 2.22. The number of carbonyl (C=O) groups excluding carboxylic acids is 1. The highest BCUT2D eigenvalue weighted by molar-refractivity contribution is 5.81. The Morgan fingerprint density at radius 3 is 2.52 bits per heavy atom. The van der Waals surface area contributed by atoms with E-state index in [1.807, 2.05) is 11.8 Å². The summed E-state index contributed by atoms with van der Waals surface area (Å²) in [5, 5.41) is 9.18. The molecule has 0 bridgehead atoms. The molecule has 2 aliphatic heterocycles. The number of nitriles is 1. The van der Waals surface area contributed by atoms with Crippen LogP contribution in [0.3, 0.4) is 0 Å². The maximum Gasteiger partial charge on any atom is 0.239 e. The zero-order valence-electron chi connectivity index (χ0n) is 14.7. The van der Waals surface area contributed by atoms with Crippen molar-refractivity contribution in [3.63, 3.8) is 0 Å². The molecule has 2 heterocycles. The van der Waals surface area contributed by atoms with E-state index in [4.69, 9.17) is 0 Å². The summed E-state index contributed by atoms with van der Waals surface area (Å²) in [4.78, 5) is 19.0. The number of amides is 1. The first-order valence-corrected chi connectivity index (χ1v) is 9.02. The van der Waals surface area contributed by atoms with Crippen molar-refractivity contribution in [2.45, 2.75) is 32.4 Å². The minimum absolute atomic E-state index is 0.0795. The highest BCUT2D eigenvalue weighted by atomic mass is 19.1. The molecular formula is C19H25FN4O. The lowest BCUT2D eigenvalue weighted by Crippen LogP contribution is -2.54. The van der Waals surface area contributed by atoms with Gasteiger partial charge in [0.25, 0.3) is 0 Å². The Labute approximate surface area is 148 Å². The van der Waals surface area contributed by atoms with Crippen LogP contribution in [-0.4, -0.2) is 65.9 Å². The van der Waals surface area contributed by atoms with Crippen LogP contribution in [0.25, 0.3) is 0 Å². The van der Waals surface area contributed by atoms with E-state index < -0.39 is 0 Å². The second kappa shape index (κ2) is 7.94. The molecule has 0 saturated carbocycles. The van der Waals surface area contributed by atoms with Crippen molar-refractivity contribution in [3.8, 4) is 6.07 Å². The fourth-order valence-corrected chi connectivity index (χ4v) is 3.71. The van der Waals surface area contributed by atoms with E-state index in [0.717, 1.165) is 57.7 Å². The summed E-state index contributed by atoms with van der Waals surface area (Å²) >= 11 is 0. The molecule has 3 rings (SSSR count). The van der Waals surface area contributed by atoms with Crippen LogP contribution in [0.4, 0.5) is 4.39 Å². The summed E-state index contributed by atoms with van der Waals surface area (Å²) in [6.45, 7) is 7.62. The molecule has 2 aliphatic rings. The van der Waals surface area contributed by atoms with Crippen LogP contribution in [0.2, 0.25) is 0 Å². The first-order chi connectivity index (χ1) is 12.1. The number of hydrogen-bond acceptors (Lipinski definition) is 4. The number of rotatable bonds is 4. The summed E-state index contributed by atoms with van der Waals surface area (Å²) < 4.78 is 13.5. The molecule has 0 radical (unpaired) electrons. The molecule has 134 valence electrons. The Bertz CT molecular complexity index is 658. The molecular weight excluding hydrogens is 319 g/mol. The van der Waals surface area contributed by atoms with E-state index >= 15 is 0 Å². The maximum absolute atomic E-state index is 13.5. The molecule has 0 unspecified atom stereocenters. The van der Waals surface area contributed by atoms with Crippen molar-refractivity contribution in [1.29, 1.82) is 5.26 Å². The topological polar surface area (TPSA) is 50.6 Å². The smallest absolute Gasteiger partial charge is 0.239 e. The lowest BCUT2D eigenvalue weighted by molar-refractivity contribution is -0.136. The van der Waals surface area contributed by atoms with Gasteiger partial charge in [0.05, 0.1) is 17.7 Å². The molecule has 6 heteroatoms. The summed E-state index contributed by atoms with van der Waals surface area (Å²) in [7, 11) is 0.